The zero-order valence-electron chi connectivity index (χ0n) is 11.1. The predicted molar refractivity (Wildman–Crippen MR) is 67.6 cm³/mol. The van der Waals surface area contributed by atoms with Crippen molar-refractivity contribution >= 4 is 0 Å². The maximum atomic E-state index is 13.2. The van der Waals surface area contributed by atoms with Gasteiger partial charge in [-0.25, -0.2) is 4.39 Å². The SMILES string of the molecule is OC(CC1CCCCC1)c1ccc(F)c(C(F)(F)F)c1. The normalized spacial score (nSPS) is 19.1. The predicted octanol–water partition coefficient (Wildman–Crippen LogP) is 4.85. The van der Waals surface area contributed by atoms with Gasteiger partial charge in [-0.2, -0.15) is 13.2 Å². The van der Waals surface area contributed by atoms with Crippen LogP contribution < -0.4 is 0 Å². The van der Waals surface area contributed by atoms with Gasteiger partial charge in [0, 0.05) is 0 Å². The molecule has 1 N–H and O–H groups in total. The first-order chi connectivity index (χ1) is 9.38. The number of hydrogen-bond acceptors (Lipinski definition) is 1. The first-order valence-electron chi connectivity index (χ1n) is 6.92. The number of aliphatic hydroxyl groups excluding tert-OH is 1. The fourth-order valence-corrected chi connectivity index (χ4v) is 2.84. The van der Waals surface area contributed by atoms with Gasteiger partial charge in [0.05, 0.1) is 11.7 Å². The first-order valence-corrected chi connectivity index (χ1v) is 6.92. The van der Waals surface area contributed by atoms with Crippen LogP contribution in [0.25, 0.3) is 0 Å². The molecule has 1 aliphatic carbocycles. The molecule has 1 unspecified atom stereocenters. The van der Waals surface area contributed by atoms with E-state index in [-0.39, 0.29) is 5.56 Å². The Morgan fingerprint density at radius 2 is 1.80 bits per heavy atom. The molecule has 112 valence electrons. The fourth-order valence-electron chi connectivity index (χ4n) is 2.84. The van der Waals surface area contributed by atoms with Gasteiger partial charge in [-0.05, 0) is 30.0 Å². The quantitative estimate of drug-likeness (QED) is 0.789. The minimum absolute atomic E-state index is 0.143. The molecule has 5 heteroatoms. The van der Waals surface area contributed by atoms with Crippen molar-refractivity contribution in [1.82, 2.24) is 0 Å². The van der Waals surface area contributed by atoms with E-state index < -0.39 is 23.7 Å². The Bertz CT molecular complexity index is 450. The van der Waals surface area contributed by atoms with Crippen LogP contribution >= 0.6 is 0 Å². The van der Waals surface area contributed by atoms with E-state index in [0.717, 1.165) is 37.8 Å². The standard InChI is InChI=1S/C15H18F4O/c16-13-7-6-11(9-12(13)15(17,18)19)14(20)8-10-4-2-1-3-5-10/h6-7,9-10,14,20H,1-5,8H2. The Morgan fingerprint density at radius 1 is 1.15 bits per heavy atom. The van der Waals surface area contributed by atoms with E-state index in [0.29, 0.717) is 12.3 Å². The van der Waals surface area contributed by atoms with Gasteiger partial charge in [0.15, 0.2) is 0 Å². The summed E-state index contributed by atoms with van der Waals surface area (Å²) < 4.78 is 51.1. The second kappa shape index (κ2) is 6.12. The molecule has 1 aliphatic rings. The van der Waals surface area contributed by atoms with Crippen molar-refractivity contribution in [2.45, 2.75) is 50.8 Å². The van der Waals surface area contributed by atoms with Crippen LogP contribution in [0.1, 0.15) is 55.8 Å². The van der Waals surface area contributed by atoms with E-state index >= 15 is 0 Å². The van der Waals surface area contributed by atoms with Crippen LogP contribution in [0.3, 0.4) is 0 Å². The lowest BCUT2D eigenvalue weighted by molar-refractivity contribution is -0.140. The highest BCUT2D eigenvalue weighted by Gasteiger charge is 2.34. The first kappa shape index (κ1) is 15.3. The van der Waals surface area contributed by atoms with E-state index in [1.807, 2.05) is 0 Å². The molecule has 0 amide bonds. The summed E-state index contributed by atoms with van der Waals surface area (Å²) in [5, 5.41) is 10.1. The monoisotopic (exact) mass is 290 g/mol. The van der Waals surface area contributed by atoms with Crippen LogP contribution in [0.15, 0.2) is 18.2 Å². The second-order valence-electron chi connectivity index (χ2n) is 5.49. The third kappa shape index (κ3) is 3.72. The average molecular weight is 290 g/mol. The molecule has 0 aromatic heterocycles. The highest BCUT2D eigenvalue weighted by Crippen LogP contribution is 2.36. The molecular formula is C15H18F4O. The van der Waals surface area contributed by atoms with E-state index in [1.54, 1.807) is 0 Å². The molecule has 1 nitrogen and oxygen atoms in total. The molecule has 0 aliphatic heterocycles. The highest BCUT2D eigenvalue weighted by atomic mass is 19.4. The number of aliphatic hydroxyl groups is 1. The molecule has 20 heavy (non-hydrogen) atoms. The largest absolute Gasteiger partial charge is 0.419 e. The Balaban J connectivity index is 2.11. The Hall–Kier alpha value is -1.10. The van der Waals surface area contributed by atoms with Gasteiger partial charge in [0.1, 0.15) is 5.82 Å². The zero-order valence-corrected chi connectivity index (χ0v) is 11.1. The van der Waals surface area contributed by atoms with Crippen LogP contribution in [0.5, 0.6) is 0 Å². The molecule has 2 rings (SSSR count). The minimum atomic E-state index is -4.73. The molecule has 0 saturated heterocycles. The molecule has 0 radical (unpaired) electrons. The lowest BCUT2D eigenvalue weighted by atomic mass is 9.84. The van der Waals surface area contributed by atoms with E-state index in [4.69, 9.17) is 0 Å². The average Bonchev–Trinajstić information content (AvgIpc) is 2.39. The highest BCUT2D eigenvalue weighted by molar-refractivity contribution is 5.28. The van der Waals surface area contributed by atoms with Crippen molar-refractivity contribution in [3.05, 3.63) is 35.1 Å². The van der Waals surface area contributed by atoms with Gasteiger partial charge in [0.2, 0.25) is 0 Å². The summed E-state index contributed by atoms with van der Waals surface area (Å²) in [6.45, 7) is 0. The van der Waals surface area contributed by atoms with E-state index in [1.165, 1.54) is 12.5 Å². The summed E-state index contributed by atoms with van der Waals surface area (Å²) in [4.78, 5) is 0. The smallest absolute Gasteiger partial charge is 0.388 e. The zero-order chi connectivity index (χ0) is 14.8. The molecule has 1 aromatic rings. The van der Waals surface area contributed by atoms with Gasteiger partial charge in [0.25, 0.3) is 0 Å². The molecule has 0 bridgehead atoms. The summed E-state index contributed by atoms with van der Waals surface area (Å²) >= 11 is 0. The minimum Gasteiger partial charge on any atom is -0.388 e. The van der Waals surface area contributed by atoms with Crippen molar-refractivity contribution in [2.75, 3.05) is 0 Å². The van der Waals surface area contributed by atoms with Gasteiger partial charge < -0.3 is 5.11 Å². The topological polar surface area (TPSA) is 20.2 Å². The molecule has 1 aromatic carbocycles. The van der Waals surface area contributed by atoms with Crippen molar-refractivity contribution in [1.29, 1.82) is 0 Å². The van der Waals surface area contributed by atoms with Gasteiger partial charge in [-0.1, -0.05) is 38.2 Å². The molecule has 0 spiro atoms. The second-order valence-corrected chi connectivity index (χ2v) is 5.49. The van der Waals surface area contributed by atoms with Crippen LogP contribution in [0, 0.1) is 11.7 Å². The van der Waals surface area contributed by atoms with Gasteiger partial charge in [-0.15, -0.1) is 0 Å². The summed E-state index contributed by atoms with van der Waals surface area (Å²) in [5.41, 5.74) is -1.16. The summed E-state index contributed by atoms with van der Waals surface area (Å²) in [5.74, 6) is -0.954. The lowest BCUT2D eigenvalue weighted by Gasteiger charge is -2.24. The van der Waals surface area contributed by atoms with Crippen LogP contribution in [-0.4, -0.2) is 5.11 Å². The third-order valence-corrected chi connectivity index (χ3v) is 3.96. The van der Waals surface area contributed by atoms with Crippen molar-refractivity contribution in [3.63, 3.8) is 0 Å². The Morgan fingerprint density at radius 3 is 2.40 bits per heavy atom. The maximum absolute atomic E-state index is 13.2. The Labute approximate surface area is 115 Å². The number of benzene rings is 1. The summed E-state index contributed by atoms with van der Waals surface area (Å²) in [7, 11) is 0. The van der Waals surface area contributed by atoms with Gasteiger partial charge >= 0.3 is 6.18 Å². The van der Waals surface area contributed by atoms with Gasteiger partial charge in [-0.3, -0.25) is 0 Å². The number of rotatable bonds is 3. The van der Waals surface area contributed by atoms with Crippen molar-refractivity contribution in [2.24, 2.45) is 5.92 Å². The maximum Gasteiger partial charge on any atom is 0.419 e. The van der Waals surface area contributed by atoms with Crippen LogP contribution in [0.2, 0.25) is 0 Å². The van der Waals surface area contributed by atoms with E-state index in [9.17, 15) is 22.7 Å². The van der Waals surface area contributed by atoms with Crippen molar-refractivity contribution < 1.29 is 22.7 Å². The van der Waals surface area contributed by atoms with Crippen LogP contribution in [-0.2, 0) is 6.18 Å². The number of alkyl halides is 3. The van der Waals surface area contributed by atoms with E-state index in [2.05, 4.69) is 0 Å². The molecule has 1 saturated carbocycles. The summed E-state index contributed by atoms with van der Waals surface area (Å²) in [6.07, 6.45) is 0.159. The molecule has 1 atom stereocenters. The fraction of sp³-hybridized carbons (Fsp3) is 0.600. The summed E-state index contributed by atoms with van der Waals surface area (Å²) in [6, 6.07) is 2.74. The molecule has 0 heterocycles. The molecule has 1 fully saturated rings. The third-order valence-electron chi connectivity index (χ3n) is 3.96. The molecular weight excluding hydrogens is 272 g/mol. The Kier molecular flexibility index (Phi) is 4.68. The van der Waals surface area contributed by atoms with Crippen LogP contribution in [0.4, 0.5) is 17.6 Å². The number of halogens is 4. The number of hydrogen-bond donors (Lipinski definition) is 1. The lowest BCUT2D eigenvalue weighted by Crippen LogP contribution is -2.13. The van der Waals surface area contributed by atoms with Crippen molar-refractivity contribution in [3.8, 4) is 0 Å².